The number of carbonyl (C=O) groups excluding carboxylic acids is 2. The Bertz CT molecular complexity index is 559. The van der Waals surface area contributed by atoms with Gasteiger partial charge >= 0.3 is 0 Å². The molecule has 100 valence electrons. The van der Waals surface area contributed by atoms with E-state index in [-0.39, 0.29) is 23.1 Å². The maximum atomic E-state index is 11.8. The Hall–Kier alpha value is -1.84. The molecule has 0 unspecified atom stereocenters. The summed E-state index contributed by atoms with van der Waals surface area (Å²) in [5, 5.41) is 5.83. The van der Waals surface area contributed by atoms with Crippen molar-refractivity contribution in [3.8, 4) is 0 Å². The van der Waals surface area contributed by atoms with E-state index >= 15 is 0 Å². The minimum atomic E-state index is -0.196. The van der Waals surface area contributed by atoms with Crippen LogP contribution in [0.25, 0.3) is 0 Å². The molecule has 1 aromatic carbocycles. The molecule has 2 amide bonds. The monoisotopic (exact) mass is 258 g/mol. The Morgan fingerprint density at radius 1 is 1.37 bits per heavy atom. The Kier molecular flexibility index (Phi) is 2.62. The third-order valence-electron chi connectivity index (χ3n) is 3.84. The summed E-state index contributed by atoms with van der Waals surface area (Å²) in [6.07, 6.45) is 2.47. The molecule has 4 heteroatoms. The zero-order valence-electron chi connectivity index (χ0n) is 11.2. The molecule has 1 saturated carbocycles. The number of hydrogen-bond donors (Lipinski definition) is 2. The van der Waals surface area contributed by atoms with E-state index in [1.807, 2.05) is 18.2 Å². The molecule has 1 aliphatic heterocycles. The molecule has 0 radical (unpaired) electrons. The van der Waals surface area contributed by atoms with E-state index in [1.165, 1.54) is 0 Å². The van der Waals surface area contributed by atoms with Crippen LogP contribution in [-0.2, 0) is 15.0 Å². The first kappa shape index (κ1) is 12.2. The number of anilines is 2. The Morgan fingerprint density at radius 3 is 2.79 bits per heavy atom. The summed E-state index contributed by atoms with van der Waals surface area (Å²) in [6.45, 7) is 4.11. The summed E-state index contributed by atoms with van der Waals surface area (Å²) >= 11 is 0. The van der Waals surface area contributed by atoms with Gasteiger partial charge in [-0.15, -0.1) is 0 Å². The molecule has 0 saturated heterocycles. The number of benzene rings is 1. The lowest BCUT2D eigenvalue weighted by atomic mass is 9.78. The fourth-order valence-corrected chi connectivity index (χ4v) is 2.57. The molecule has 1 aliphatic carbocycles. The van der Waals surface area contributed by atoms with E-state index in [9.17, 15) is 9.59 Å². The smallest absolute Gasteiger partial charge is 0.227 e. The van der Waals surface area contributed by atoms with Crippen LogP contribution in [0.2, 0.25) is 0 Å². The second-order valence-electron chi connectivity index (χ2n) is 6.13. The van der Waals surface area contributed by atoms with Crippen LogP contribution < -0.4 is 10.6 Å². The van der Waals surface area contributed by atoms with Gasteiger partial charge in [0.1, 0.15) is 0 Å². The predicted octanol–water partition coefficient (Wildman–Crippen LogP) is 2.65. The van der Waals surface area contributed by atoms with Crippen molar-refractivity contribution in [3.63, 3.8) is 0 Å². The second kappa shape index (κ2) is 4.08. The molecular weight excluding hydrogens is 240 g/mol. The summed E-state index contributed by atoms with van der Waals surface area (Å²) < 4.78 is 0. The molecule has 1 aromatic rings. The molecular formula is C15H18N2O2. The van der Waals surface area contributed by atoms with Crippen molar-refractivity contribution in [3.05, 3.63) is 23.8 Å². The van der Waals surface area contributed by atoms with Crippen molar-refractivity contribution >= 4 is 23.2 Å². The lowest BCUT2D eigenvalue weighted by Crippen LogP contribution is -2.32. The molecule has 2 aliphatic rings. The molecule has 0 atom stereocenters. The topological polar surface area (TPSA) is 58.2 Å². The molecule has 0 spiro atoms. The van der Waals surface area contributed by atoms with E-state index in [0.29, 0.717) is 6.42 Å². The van der Waals surface area contributed by atoms with Crippen LogP contribution in [0.3, 0.4) is 0 Å². The summed E-state index contributed by atoms with van der Waals surface area (Å²) in [4.78, 5) is 23.4. The van der Waals surface area contributed by atoms with Crippen LogP contribution >= 0.6 is 0 Å². The molecule has 1 fully saturated rings. The summed E-state index contributed by atoms with van der Waals surface area (Å²) in [5.41, 5.74) is 2.56. The number of carbonyl (C=O) groups is 2. The third-order valence-corrected chi connectivity index (χ3v) is 3.84. The number of nitrogens with one attached hydrogen (secondary N) is 2. The normalized spacial score (nSPS) is 20.4. The van der Waals surface area contributed by atoms with Gasteiger partial charge in [-0.05, 0) is 36.6 Å². The molecule has 1 heterocycles. The number of amides is 2. The zero-order chi connectivity index (χ0) is 13.6. The van der Waals surface area contributed by atoms with Crippen LogP contribution in [0, 0.1) is 5.92 Å². The fourth-order valence-electron chi connectivity index (χ4n) is 2.57. The maximum absolute atomic E-state index is 11.8. The van der Waals surface area contributed by atoms with E-state index in [4.69, 9.17) is 0 Å². The molecule has 19 heavy (non-hydrogen) atoms. The van der Waals surface area contributed by atoms with Gasteiger partial charge in [0, 0.05) is 29.1 Å². The van der Waals surface area contributed by atoms with Gasteiger partial charge in [-0.2, -0.15) is 0 Å². The molecule has 2 N–H and O–H groups in total. The van der Waals surface area contributed by atoms with Crippen LogP contribution in [-0.4, -0.2) is 11.8 Å². The van der Waals surface area contributed by atoms with Gasteiger partial charge in [0.15, 0.2) is 0 Å². The van der Waals surface area contributed by atoms with Gasteiger partial charge in [-0.3, -0.25) is 9.59 Å². The predicted molar refractivity (Wildman–Crippen MR) is 74.1 cm³/mol. The van der Waals surface area contributed by atoms with Gasteiger partial charge in [0.25, 0.3) is 0 Å². The minimum absolute atomic E-state index is 0.0484. The summed E-state index contributed by atoms with van der Waals surface area (Å²) in [5.74, 6) is 0.355. The molecule has 4 nitrogen and oxygen atoms in total. The number of rotatable bonds is 2. The van der Waals surface area contributed by atoms with Crippen LogP contribution in [0.5, 0.6) is 0 Å². The van der Waals surface area contributed by atoms with Gasteiger partial charge in [-0.25, -0.2) is 0 Å². The Morgan fingerprint density at radius 2 is 2.11 bits per heavy atom. The number of fused-ring (bicyclic) bond motifs is 1. The molecule has 0 bridgehead atoms. The quantitative estimate of drug-likeness (QED) is 0.856. The van der Waals surface area contributed by atoms with Crippen molar-refractivity contribution in [2.24, 2.45) is 5.92 Å². The number of hydrogen-bond acceptors (Lipinski definition) is 2. The van der Waals surface area contributed by atoms with Crippen molar-refractivity contribution < 1.29 is 9.59 Å². The molecule has 3 rings (SSSR count). The SMILES string of the molecule is CC1(C)CC(=O)Nc2ccc(NC(=O)C3CC3)cc21. The highest BCUT2D eigenvalue weighted by atomic mass is 16.2. The second-order valence-corrected chi connectivity index (χ2v) is 6.13. The first-order chi connectivity index (χ1) is 8.95. The lowest BCUT2D eigenvalue weighted by molar-refractivity contribution is -0.118. The fraction of sp³-hybridized carbons (Fsp3) is 0.467. The van der Waals surface area contributed by atoms with Crippen LogP contribution in [0.4, 0.5) is 11.4 Å². The van der Waals surface area contributed by atoms with Crippen molar-refractivity contribution in [2.75, 3.05) is 10.6 Å². The van der Waals surface area contributed by atoms with Crippen molar-refractivity contribution in [1.29, 1.82) is 0 Å². The lowest BCUT2D eigenvalue weighted by Gasteiger charge is -2.32. The maximum Gasteiger partial charge on any atom is 0.227 e. The van der Waals surface area contributed by atoms with E-state index in [1.54, 1.807) is 0 Å². The van der Waals surface area contributed by atoms with Crippen LogP contribution in [0.1, 0.15) is 38.7 Å². The average Bonchev–Trinajstić information content (AvgIpc) is 3.12. The Balaban J connectivity index is 1.89. The standard InChI is InChI=1S/C15H18N2O2/c1-15(2)8-13(18)17-12-6-5-10(7-11(12)15)16-14(19)9-3-4-9/h5-7,9H,3-4,8H2,1-2H3,(H,16,19)(H,17,18). The minimum Gasteiger partial charge on any atom is -0.326 e. The van der Waals surface area contributed by atoms with E-state index in [2.05, 4.69) is 24.5 Å². The van der Waals surface area contributed by atoms with Gasteiger partial charge in [0.2, 0.25) is 11.8 Å². The third kappa shape index (κ3) is 2.35. The first-order valence-corrected chi connectivity index (χ1v) is 6.71. The van der Waals surface area contributed by atoms with Crippen molar-refractivity contribution in [2.45, 2.75) is 38.5 Å². The average molecular weight is 258 g/mol. The summed E-state index contributed by atoms with van der Waals surface area (Å²) in [7, 11) is 0. The first-order valence-electron chi connectivity index (χ1n) is 6.71. The van der Waals surface area contributed by atoms with E-state index < -0.39 is 0 Å². The highest BCUT2D eigenvalue weighted by Crippen LogP contribution is 2.39. The van der Waals surface area contributed by atoms with Gasteiger partial charge in [-0.1, -0.05) is 13.8 Å². The largest absolute Gasteiger partial charge is 0.326 e. The summed E-state index contributed by atoms with van der Waals surface area (Å²) in [6, 6.07) is 5.70. The van der Waals surface area contributed by atoms with E-state index in [0.717, 1.165) is 29.8 Å². The van der Waals surface area contributed by atoms with Crippen LogP contribution in [0.15, 0.2) is 18.2 Å². The van der Waals surface area contributed by atoms with Gasteiger partial charge < -0.3 is 10.6 Å². The zero-order valence-corrected chi connectivity index (χ0v) is 11.2. The molecule has 0 aromatic heterocycles. The highest BCUT2D eigenvalue weighted by molar-refractivity contribution is 5.97. The van der Waals surface area contributed by atoms with Crippen molar-refractivity contribution in [1.82, 2.24) is 0 Å². The Labute approximate surface area is 112 Å². The highest BCUT2D eigenvalue weighted by Gasteiger charge is 2.33. The van der Waals surface area contributed by atoms with Gasteiger partial charge in [0.05, 0.1) is 0 Å².